The molecule has 2 aromatic rings. The molecular weight excluding hydrogens is 202 g/mol. The number of aryl methyl sites for hydroxylation is 1. The van der Waals surface area contributed by atoms with E-state index in [9.17, 15) is 4.79 Å². The summed E-state index contributed by atoms with van der Waals surface area (Å²) in [5.74, 6) is -0.112. The minimum atomic E-state index is -0.112. The molecule has 2 heterocycles. The number of carbonyl (C=O) groups excluding carboxylic acids is 1. The van der Waals surface area contributed by atoms with Crippen molar-refractivity contribution in [3.8, 4) is 0 Å². The van der Waals surface area contributed by atoms with Gasteiger partial charge in [0.1, 0.15) is 5.69 Å². The topological polar surface area (TPSA) is 46.1 Å². The van der Waals surface area contributed by atoms with Crippen LogP contribution in [0.4, 0.5) is 0 Å². The van der Waals surface area contributed by atoms with Crippen molar-refractivity contribution in [1.82, 2.24) is 15.4 Å². The second kappa shape index (κ2) is 3.13. The van der Waals surface area contributed by atoms with E-state index in [4.69, 9.17) is 0 Å². The molecule has 2 N–H and O–H groups in total. The van der Waals surface area contributed by atoms with Crippen LogP contribution in [0.15, 0.2) is 30.5 Å². The molecule has 0 unspecified atom stereocenters. The summed E-state index contributed by atoms with van der Waals surface area (Å²) in [5.41, 5.74) is 8.04. The standard InChI is InChI=1S/C12H11N3O/c1-15-10-5-3-2-4-8(10)9-6-7-13-14-12(16)11(9)15/h2-7,13H,1H3,(H,14,16). The number of rotatable bonds is 0. The van der Waals surface area contributed by atoms with Gasteiger partial charge >= 0.3 is 0 Å². The van der Waals surface area contributed by atoms with E-state index in [2.05, 4.69) is 10.9 Å². The lowest BCUT2D eigenvalue weighted by Gasteiger charge is -2.04. The highest BCUT2D eigenvalue weighted by atomic mass is 16.2. The quantitative estimate of drug-likeness (QED) is 0.694. The summed E-state index contributed by atoms with van der Waals surface area (Å²) in [6, 6.07) is 7.99. The number of hydrogen-bond donors (Lipinski definition) is 2. The first-order chi connectivity index (χ1) is 7.79. The molecule has 0 aliphatic carbocycles. The predicted molar refractivity (Wildman–Crippen MR) is 62.6 cm³/mol. The molecular formula is C12H11N3O. The van der Waals surface area contributed by atoms with Crippen LogP contribution in [0.3, 0.4) is 0 Å². The summed E-state index contributed by atoms with van der Waals surface area (Å²) >= 11 is 0. The van der Waals surface area contributed by atoms with Crippen molar-refractivity contribution < 1.29 is 4.79 Å². The van der Waals surface area contributed by atoms with Crippen molar-refractivity contribution >= 4 is 22.9 Å². The van der Waals surface area contributed by atoms with Gasteiger partial charge in [-0.15, -0.1) is 0 Å². The Balaban J connectivity index is 2.46. The van der Waals surface area contributed by atoms with Gasteiger partial charge in [0, 0.05) is 29.7 Å². The fraction of sp³-hybridized carbons (Fsp3) is 0.0833. The highest BCUT2D eigenvalue weighted by Crippen LogP contribution is 2.26. The Morgan fingerprint density at radius 1 is 1.25 bits per heavy atom. The van der Waals surface area contributed by atoms with Crippen LogP contribution in [-0.2, 0) is 7.05 Å². The average molecular weight is 213 g/mol. The van der Waals surface area contributed by atoms with E-state index in [1.54, 1.807) is 6.20 Å². The van der Waals surface area contributed by atoms with E-state index in [0.29, 0.717) is 5.69 Å². The van der Waals surface area contributed by atoms with Crippen LogP contribution in [0.5, 0.6) is 0 Å². The van der Waals surface area contributed by atoms with Gasteiger partial charge in [0.2, 0.25) is 0 Å². The smallest absolute Gasteiger partial charge is 0.286 e. The Labute approximate surface area is 92.5 Å². The minimum absolute atomic E-state index is 0.112. The van der Waals surface area contributed by atoms with Crippen LogP contribution in [0.2, 0.25) is 0 Å². The molecule has 1 amide bonds. The Kier molecular flexibility index (Phi) is 1.77. The molecule has 0 atom stereocenters. The third-order valence-corrected chi connectivity index (χ3v) is 2.88. The molecule has 16 heavy (non-hydrogen) atoms. The van der Waals surface area contributed by atoms with Gasteiger partial charge in [0.15, 0.2) is 0 Å². The van der Waals surface area contributed by atoms with Crippen molar-refractivity contribution in [2.24, 2.45) is 7.05 Å². The summed E-state index contributed by atoms with van der Waals surface area (Å²) in [6.45, 7) is 0. The van der Waals surface area contributed by atoms with Crippen molar-refractivity contribution in [1.29, 1.82) is 0 Å². The van der Waals surface area contributed by atoms with Crippen LogP contribution in [0, 0.1) is 0 Å². The monoisotopic (exact) mass is 213 g/mol. The minimum Gasteiger partial charge on any atom is -0.339 e. The van der Waals surface area contributed by atoms with E-state index in [1.807, 2.05) is 42.0 Å². The van der Waals surface area contributed by atoms with Gasteiger partial charge in [-0.3, -0.25) is 10.2 Å². The summed E-state index contributed by atoms with van der Waals surface area (Å²) in [4.78, 5) is 11.9. The summed E-state index contributed by atoms with van der Waals surface area (Å²) in [6.07, 6.45) is 3.64. The Morgan fingerprint density at radius 3 is 2.94 bits per heavy atom. The van der Waals surface area contributed by atoms with Crippen molar-refractivity contribution in [3.05, 3.63) is 41.7 Å². The lowest BCUT2D eigenvalue weighted by molar-refractivity contribution is 0.0934. The lowest BCUT2D eigenvalue weighted by atomic mass is 10.1. The Morgan fingerprint density at radius 2 is 2.06 bits per heavy atom. The first kappa shape index (κ1) is 9.03. The van der Waals surface area contributed by atoms with Gasteiger partial charge in [-0.1, -0.05) is 18.2 Å². The Hall–Kier alpha value is -2.23. The molecule has 0 saturated heterocycles. The molecule has 0 fully saturated rings. The molecule has 1 aromatic heterocycles. The lowest BCUT2D eigenvalue weighted by Crippen LogP contribution is -2.33. The fourth-order valence-corrected chi connectivity index (χ4v) is 2.16. The molecule has 1 aliphatic heterocycles. The van der Waals surface area contributed by atoms with Gasteiger partial charge in [0.05, 0.1) is 0 Å². The largest absolute Gasteiger partial charge is 0.339 e. The number of hydrazine groups is 1. The number of aromatic nitrogens is 1. The number of para-hydroxylation sites is 1. The predicted octanol–water partition coefficient (Wildman–Crippen LogP) is 1.40. The Bertz CT molecular complexity index is 610. The van der Waals surface area contributed by atoms with Gasteiger partial charge in [0.25, 0.3) is 5.91 Å². The van der Waals surface area contributed by atoms with Gasteiger partial charge < -0.3 is 9.99 Å². The zero-order valence-electron chi connectivity index (χ0n) is 8.82. The SMILES string of the molecule is Cn1c2c(c3ccccc31)C=CNNC2=O. The molecule has 0 saturated carbocycles. The molecule has 0 radical (unpaired) electrons. The normalized spacial score (nSPS) is 14.2. The maximum atomic E-state index is 11.9. The van der Waals surface area contributed by atoms with Crippen LogP contribution in [0.1, 0.15) is 16.1 Å². The number of benzene rings is 1. The number of nitrogens with one attached hydrogen (secondary N) is 2. The maximum absolute atomic E-state index is 11.9. The zero-order valence-corrected chi connectivity index (χ0v) is 8.82. The second-order valence-electron chi connectivity index (χ2n) is 3.77. The molecule has 1 aliphatic rings. The molecule has 1 aromatic carbocycles. The molecule has 4 heteroatoms. The summed E-state index contributed by atoms with van der Waals surface area (Å²) < 4.78 is 1.91. The second-order valence-corrected chi connectivity index (χ2v) is 3.77. The summed E-state index contributed by atoms with van der Waals surface area (Å²) in [7, 11) is 1.90. The van der Waals surface area contributed by atoms with E-state index in [0.717, 1.165) is 16.5 Å². The zero-order chi connectivity index (χ0) is 11.1. The molecule has 4 nitrogen and oxygen atoms in total. The van der Waals surface area contributed by atoms with Crippen molar-refractivity contribution in [2.45, 2.75) is 0 Å². The van der Waals surface area contributed by atoms with Crippen LogP contribution >= 0.6 is 0 Å². The van der Waals surface area contributed by atoms with E-state index >= 15 is 0 Å². The maximum Gasteiger partial charge on any atom is 0.286 e. The van der Waals surface area contributed by atoms with Crippen molar-refractivity contribution in [2.75, 3.05) is 0 Å². The average Bonchev–Trinajstić information content (AvgIpc) is 2.46. The highest BCUT2D eigenvalue weighted by molar-refractivity contribution is 6.05. The van der Waals surface area contributed by atoms with Gasteiger partial charge in [-0.05, 0) is 12.1 Å². The molecule has 0 spiro atoms. The first-order valence-corrected chi connectivity index (χ1v) is 5.09. The molecule has 80 valence electrons. The van der Waals surface area contributed by atoms with E-state index < -0.39 is 0 Å². The number of hydrogen-bond acceptors (Lipinski definition) is 2. The van der Waals surface area contributed by atoms with Crippen LogP contribution < -0.4 is 10.9 Å². The third-order valence-electron chi connectivity index (χ3n) is 2.88. The molecule has 3 rings (SSSR count). The summed E-state index contributed by atoms with van der Waals surface area (Å²) in [5, 5.41) is 1.09. The van der Waals surface area contributed by atoms with Crippen molar-refractivity contribution in [3.63, 3.8) is 0 Å². The third kappa shape index (κ3) is 1.07. The first-order valence-electron chi connectivity index (χ1n) is 5.09. The highest BCUT2D eigenvalue weighted by Gasteiger charge is 2.20. The van der Waals surface area contributed by atoms with E-state index in [-0.39, 0.29) is 5.91 Å². The number of amides is 1. The van der Waals surface area contributed by atoms with Crippen LogP contribution in [0.25, 0.3) is 17.0 Å². The van der Waals surface area contributed by atoms with Gasteiger partial charge in [-0.2, -0.15) is 0 Å². The number of fused-ring (bicyclic) bond motifs is 3. The van der Waals surface area contributed by atoms with E-state index in [1.165, 1.54) is 0 Å². The molecule has 0 bridgehead atoms. The number of carbonyl (C=O) groups is 1. The number of nitrogens with zero attached hydrogens (tertiary/aromatic N) is 1. The van der Waals surface area contributed by atoms with Crippen LogP contribution in [-0.4, -0.2) is 10.5 Å². The van der Waals surface area contributed by atoms with Gasteiger partial charge in [-0.25, -0.2) is 0 Å². The fourth-order valence-electron chi connectivity index (χ4n) is 2.16.